The summed E-state index contributed by atoms with van der Waals surface area (Å²) in [7, 11) is 0. The normalized spacial score (nSPS) is 16.2. The number of hydrogen-bond acceptors (Lipinski definition) is 3. The summed E-state index contributed by atoms with van der Waals surface area (Å²) in [5, 5.41) is 4.92. The van der Waals surface area contributed by atoms with E-state index in [-0.39, 0.29) is 17.9 Å². The Morgan fingerprint density at radius 1 is 1.22 bits per heavy atom. The summed E-state index contributed by atoms with van der Waals surface area (Å²) in [5.41, 5.74) is 4.14. The highest BCUT2D eigenvalue weighted by Crippen LogP contribution is 2.22. The standard InChI is InChI=1S/C22H25ClN2O2/c1-15(2)22(26)25(13-18-6-4-5-7-20(18)23)14-19-12-21(24-27-19)17-10-8-16(3)9-11-17/h4-11,15,19H,12-14H2,1-3H3/t19-/m0/s1. The van der Waals surface area contributed by atoms with Crippen LogP contribution in [0.2, 0.25) is 5.02 Å². The SMILES string of the molecule is Cc1ccc(C2=NO[C@H](CN(Cc3ccccc3Cl)C(=O)C(C)C)C2)cc1. The van der Waals surface area contributed by atoms with Gasteiger partial charge in [0.25, 0.3) is 0 Å². The molecule has 0 N–H and O–H groups in total. The molecule has 2 aromatic rings. The van der Waals surface area contributed by atoms with Gasteiger partial charge < -0.3 is 9.74 Å². The Labute approximate surface area is 165 Å². The maximum atomic E-state index is 12.7. The van der Waals surface area contributed by atoms with Gasteiger partial charge in [-0.15, -0.1) is 0 Å². The summed E-state index contributed by atoms with van der Waals surface area (Å²) in [5.74, 6) is -0.00585. The van der Waals surface area contributed by atoms with Gasteiger partial charge in [0, 0.05) is 23.9 Å². The molecule has 1 aliphatic heterocycles. The van der Waals surface area contributed by atoms with Gasteiger partial charge in [0.2, 0.25) is 5.91 Å². The molecule has 4 nitrogen and oxygen atoms in total. The number of oxime groups is 1. The molecule has 3 rings (SSSR count). The molecule has 0 aromatic heterocycles. The number of aryl methyl sites for hydroxylation is 1. The Bertz CT molecular complexity index is 830. The molecule has 1 heterocycles. The van der Waals surface area contributed by atoms with E-state index in [1.807, 2.05) is 43.0 Å². The smallest absolute Gasteiger partial charge is 0.225 e. The summed E-state index contributed by atoms with van der Waals surface area (Å²) >= 11 is 6.29. The van der Waals surface area contributed by atoms with Crippen molar-refractivity contribution in [1.29, 1.82) is 0 Å². The molecule has 0 saturated carbocycles. The third-order valence-corrected chi connectivity index (χ3v) is 5.04. The summed E-state index contributed by atoms with van der Waals surface area (Å²) in [4.78, 5) is 20.2. The van der Waals surface area contributed by atoms with E-state index in [4.69, 9.17) is 16.4 Å². The molecule has 142 valence electrons. The van der Waals surface area contributed by atoms with E-state index < -0.39 is 0 Å². The van der Waals surface area contributed by atoms with Crippen LogP contribution in [0.3, 0.4) is 0 Å². The van der Waals surface area contributed by atoms with Crippen molar-refractivity contribution in [1.82, 2.24) is 4.90 Å². The van der Waals surface area contributed by atoms with Gasteiger partial charge in [-0.3, -0.25) is 4.79 Å². The van der Waals surface area contributed by atoms with Crippen LogP contribution < -0.4 is 0 Å². The van der Waals surface area contributed by atoms with Crippen LogP contribution in [0.1, 0.15) is 37.0 Å². The Morgan fingerprint density at radius 3 is 2.59 bits per heavy atom. The fourth-order valence-electron chi connectivity index (χ4n) is 3.12. The van der Waals surface area contributed by atoms with Crippen molar-refractivity contribution in [3.63, 3.8) is 0 Å². The van der Waals surface area contributed by atoms with Crippen LogP contribution in [0.15, 0.2) is 53.7 Å². The first-order chi connectivity index (χ1) is 12.9. The Morgan fingerprint density at radius 2 is 1.93 bits per heavy atom. The highest BCUT2D eigenvalue weighted by atomic mass is 35.5. The van der Waals surface area contributed by atoms with E-state index in [0.717, 1.165) is 16.8 Å². The van der Waals surface area contributed by atoms with Gasteiger partial charge in [-0.1, -0.05) is 78.6 Å². The third-order valence-electron chi connectivity index (χ3n) is 4.67. The third kappa shape index (κ3) is 4.89. The number of nitrogens with zero attached hydrogens (tertiary/aromatic N) is 2. The summed E-state index contributed by atoms with van der Waals surface area (Å²) in [6.45, 7) is 6.83. The van der Waals surface area contributed by atoms with Crippen LogP contribution in [0.4, 0.5) is 0 Å². The lowest BCUT2D eigenvalue weighted by atomic mass is 10.0. The monoisotopic (exact) mass is 384 g/mol. The average molecular weight is 385 g/mol. The quantitative estimate of drug-likeness (QED) is 0.716. The molecule has 2 aromatic carbocycles. The molecule has 5 heteroatoms. The minimum absolute atomic E-state index is 0.0855. The van der Waals surface area contributed by atoms with Gasteiger partial charge in [-0.05, 0) is 24.1 Å². The zero-order chi connectivity index (χ0) is 19.4. The lowest BCUT2D eigenvalue weighted by Crippen LogP contribution is -2.39. The number of carbonyl (C=O) groups is 1. The van der Waals surface area contributed by atoms with E-state index in [1.54, 1.807) is 0 Å². The predicted molar refractivity (Wildman–Crippen MR) is 109 cm³/mol. The van der Waals surface area contributed by atoms with E-state index in [9.17, 15) is 4.79 Å². The summed E-state index contributed by atoms with van der Waals surface area (Å²) < 4.78 is 0. The maximum Gasteiger partial charge on any atom is 0.225 e. The van der Waals surface area contributed by atoms with Gasteiger partial charge in [0.15, 0.2) is 6.10 Å². The first-order valence-electron chi connectivity index (χ1n) is 9.26. The zero-order valence-corrected chi connectivity index (χ0v) is 16.7. The van der Waals surface area contributed by atoms with E-state index in [1.165, 1.54) is 5.56 Å². The molecule has 1 atom stereocenters. The second-order valence-corrected chi connectivity index (χ2v) is 7.71. The number of rotatable bonds is 6. The van der Waals surface area contributed by atoms with Gasteiger partial charge in [-0.2, -0.15) is 0 Å². The molecule has 0 unspecified atom stereocenters. The van der Waals surface area contributed by atoms with Gasteiger partial charge >= 0.3 is 0 Å². The van der Waals surface area contributed by atoms with Crippen LogP contribution >= 0.6 is 11.6 Å². The first-order valence-corrected chi connectivity index (χ1v) is 9.63. The molecule has 0 radical (unpaired) electrons. The molecule has 27 heavy (non-hydrogen) atoms. The number of hydrogen-bond donors (Lipinski definition) is 0. The largest absolute Gasteiger partial charge is 0.390 e. The van der Waals surface area contributed by atoms with Crippen LogP contribution in [-0.4, -0.2) is 29.2 Å². The first kappa shape index (κ1) is 19.4. The van der Waals surface area contributed by atoms with Crippen LogP contribution in [-0.2, 0) is 16.2 Å². The van der Waals surface area contributed by atoms with Crippen molar-refractivity contribution in [2.24, 2.45) is 11.1 Å². The molecular weight excluding hydrogens is 360 g/mol. The average Bonchev–Trinajstić information content (AvgIpc) is 3.11. The van der Waals surface area contributed by atoms with E-state index in [0.29, 0.717) is 24.5 Å². The Hall–Kier alpha value is -2.33. The van der Waals surface area contributed by atoms with Crippen molar-refractivity contribution < 1.29 is 9.63 Å². The molecule has 1 amide bonds. The van der Waals surface area contributed by atoms with E-state index >= 15 is 0 Å². The Balaban J connectivity index is 1.69. The molecule has 0 saturated heterocycles. The Kier molecular flexibility index (Phi) is 6.17. The number of carbonyl (C=O) groups excluding carboxylic acids is 1. The number of amides is 1. The summed E-state index contributed by atoms with van der Waals surface area (Å²) in [6.07, 6.45) is 0.541. The summed E-state index contributed by atoms with van der Waals surface area (Å²) in [6, 6.07) is 15.9. The molecule has 1 aliphatic rings. The fraction of sp³-hybridized carbons (Fsp3) is 0.364. The number of halogens is 1. The second kappa shape index (κ2) is 8.57. The van der Waals surface area contributed by atoms with Gasteiger partial charge in [0.1, 0.15) is 0 Å². The minimum Gasteiger partial charge on any atom is -0.390 e. The molecule has 0 aliphatic carbocycles. The van der Waals surface area contributed by atoms with Crippen LogP contribution in [0.5, 0.6) is 0 Å². The zero-order valence-electron chi connectivity index (χ0n) is 16.0. The van der Waals surface area contributed by atoms with Crippen molar-refractivity contribution in [3.8, 4) is 0 Å². The molecule has 0 spiro atoms. The molecule has 0 bridgehead atoms. The molecule has 0 fully saturated rings. The minimum atomic E-state index is -0.147. The fourth-order valence-corrected chi connectivity index (χ4v) is 3.31. The van der Waals surface area contributed by atoms with Gasteiger partial charge in [-0.25, -0.2) is 0 Å². The van der Waals surface area contributed by atoms with Crippen LogP contribution in [0.25, 0.3) is 0 Å². The van der Waals surface area contributed by atoms with Crippen molar-refractivity contribution >= 4 is 23.2 Å². The highest BCUT2D eigenvalue weighted by Gasteiger charge is 2.28. The van der Waals surface area contributed by atoms with Crippen molar-refractivity contribution in [2.75, 3.05) is 6.54 Å². The van der Waals surface area contributed by atoms with Crippen molar-refractivity contribution in [2.45, 2.75) is 39.8 Å². The number of benzene rings is 2. The van der Waals surface area contributed by atoms with Crippen LogP contribution in [0, 0.1) is 12.8 Å². The maximum absolute atomic E-state index is 12.7. The van der Waals surface area contributed by atoms with Gasteiger partial charge in [0.05, 0.1) is 12.3 Å². The topological polar surface area (TPSA) is 41.9 Å². The lowest BCUT2D eigenvalue weighted by molar-refractivity contribution is -0.136. The van der Waals surface area contributed by atoms with Crippen molar-refractivity contribution in [3.05, 3.63) is 70.2 Å². The second-order valence-electron chi connectivity index (χ2n) is 7.30. The lowest BCUT2D eigenvalue weighted by Gasteiger charge is -2.27. The molecular formula is C22H25ClN2O2. The predicted octanol–water partition coefficient (Wildman–Crippen LogP) is 4.83. The van der Waals surface area contributed by atoms with E-state index in [2.05, 4.69) is 36.3 Å². The highest BCUT2D eigenvalue weighted by molar-refractivity contribution is 6.31.